The van der Waals surface area contributed by atoms with E-state index in [-0.39, 0.29) is 12.0 Å². The zero-order chi connectivity index (χ0) is 13.5. The molecule has 0 saturated heterocycles. The number of benzene rings is 1. The molecule has 1 aromatic carbocycles. The summed E-state index contributed by atoms with van der Waals surface area (Å²) in [5.41, 5.74) is 1.17. The van der Waals surface area contributed by atoms with Crippen LogP contribution in [0.1, 0.15) is 37.7 Å². The van der Waals surface area contributed by atoms with Crippen LogP contribution in [-0.4, -0.2) is 25.2 Å². The Morgan fingerprint density at radius 3 is 2.58 bits per heavy atom. The maximum absolute atomic E-state index is 11.9. The molecule has 0 aliphatic heterocycles. The first kappa shape index (κ1) is 14.1. The lowest BCUT2D eigenvalue weighted by molar-refractivity contribution is -0.143. The molecule has 1 N–H and O–H groups in total. The van der Waals surface area contributed by atoms with Gasteiger partial charge in [0.2, 0.25) is 0 Å². The van der Waals surface area contributed by atoms with Crippen LogP contribution in [0.25, 0.3) is 0 Å². The molecule has 1 atom stereocenters. The van der Waals surface area contributed by atoms with Gasteiger partial charge >= 0.3 is 5.97 Å². The molecular formula is C16H23NO2. The maximum Gasteiger partial charge on any atom is 0.323 e. The molecule has 1 aliphatic rings. The minimum atomic E-state index is -0.226. The Kier molecular flexibility index (Phi) is 5.40. The topological polar surface area (TPSA) is 38.3 Å². The molecule has 0 radical (unpaired) electrons. The highest BCUT2D eigenvalue weighted by Gasteiger charge is 2.24. The molecule has 0 heterocycles. The highest BCUT2D eigenvalue weighted by atomic mass is 16.5. The van der Waals surface area contributed by atoms with Crippen LogP contribution in [0, 0.1) is 0 Å². The van der Waals surface area contributed by atoms with E-state index in [1.165, 1.54) is 44.8 Å². The molecule has 0 unspecified atom stereocenters. The first-order chi connectivity index (χ1) is 9.29. The van der Waals surface area contributed by atoms with E-state index in [1.807, 2.05) is 18.2 Å². The minimum Gasteiger partial charge on any atom is -0.468 e. The smallest absolute Gasteiger partial charge is 0.323 e. The number of nitrogens with one attached hydrogen (secondary N) is 1. The first-order valence-corrected chi connectivity index (χ1v) is 7.17. The van der Waals surface area contributed by atoms with Gasteiger partial charge in [0.05, 0.1) is 7.11 Å². The Morgan fingerprint density at radius 2 is 1.95 bits per heavy atom. The number of hydrogen-bond donors (Lipinski definition) is 1. The lowest BCUT2D eigenvalue weighted by Crippen LogP contribution is -2.46. The minimum absolute atomic E-state index is 0.158. The molecular weight excluding hydrogens is 238 g/mol. The van der Waals surface area contributed by atoms with Gasteiger partial charge < -0.3 is 10.1 Å². The predicted molar refractivity (Wildman–Crippen MR) is 76.0 cm³/mol. The summed E-state index contributed by atoms with van der Waals surface area (Å²) < 4.78 is 4.92. The monoisotopic (exact) mass is 261 g/mol. The number of hydrogen-bond acceptors (Lipinski definition) is 3. The van der Waals surface area contributed by atoms with Crippen molar-refractivity contribution >= 4 is 5.97 Å². The average Bonchev–Trinajstić information content (AvgIpc) is 2.48. The highest BCUT2D eigenvalue weighted by molar-refractivity contribution is 5.76. The molecule has 1 saturated carbocycles. The van der Waals surface area contributed by atoms with Crippen LogP contribution >= 0.6 is 0 Å². The summed E-state index contributed by atoms with van der Waals surface area (Å²) in [7, 11) is 1.46. The van der Waals surface area contributed by atoms with Gasteiger partial charge in [0.25, 0.3) is 0 Å². The van der Waals surface area contributed by atoms with E-state index in [1.54, 1.807) is 0 Å². The molecule has 0 spiro atoms. The third-order valence-electron chi connectivity index (χ3n) is 3.81. The fourth-order valence-corrected chi connectivity index (χ4v) is 2.76. The Bertz CT molecular complexity index is 385. The molecule has 0 bridgehead atoms. The van der Waals surface area contributed by atoms with E-state index in [9.17, 15) is 4.79 Å². The van der Waals surface area contributed by atoms with Crippen molar-refractivity contribution in [2.45, 2.75) is 50.6 Å². The Morgan fingerprint density at radius 1 is 1.26 bits per heavy atom. The SMILES string of the molecule is COC(=O)[C@H](Cc1ccccc1)NC1CCCCC1. The van der Waals surface area contributed by atoms with Gasteiger partial charge in [0.15, 0.2) is 0 Å². The maximum atomic E-state index is 11.9. The molecule has 104 valence electrons. The molecule has 0 aromatic heterocycles. The van der Waals surface area contributed by atoms with Gasteiger partial charge in [-0.15, -0.1) is 0 Å². The lowest BCUT2D eigenvalue weighted by Gasteiger charge is -2.27. The summed E-state index contributed by atoms with van der Waals surface area (Å²) in [5, 5.41) is 3.48. The van der Waals surface area contributed by atoms with Crippen LogP contribution in [0.3, 0.4) is 0 Å². The summed E-state index contributed by atoms with van der Waals surface area (Å²) in [6, 6.07) is 10.3. The van der Waals surface area contributed by atoms with Gasteiger partial charge in [-0.3, -0.25) is 4.79 Å². The van der Waals surface area contributed by atoms with Gasteiger partial charge in [0, 0.05) is 6.04 Å². The van der Waals surface area contributed by atoms with Gasteiger partial charge in [-0.25, -0.2) is 0 Å². The second-order valence-corrected chi connectivity index (χ2v) is 5.27. The van der Waals surface area contributed by atoms with Crippen LogP contribution in [-0.2, 0) is 16.0 Å². The fourth-order valence-electron chi connectivity index (χ4n) is 2.76. The first-order valence-electron chi connectivity index (χ1n) is 7.17. The second kappa shape index (κ2) is 7.29. The number of carbonyl (C=O) groups excluding carboxylic acids is 1. The van der Waals surface area contributed by atoms with E-state index >= 15 is 0 Å². The summed E-state index contributed by atoms with van der Waals surface area (Å²) in [6.07, 6.45) is 6.88. The molecule has 1 fully saturated rings. The molecule has 1 aliphatic carbocycles. The zero-order valence-corrected chi connectivity index (χ0v) is 11.6. The van der Waals surface area contributed by atoms with Gasteiger partial charge in [-0.05, 0) is 24.8 Å². The van der Waals surface area contributed by atoms with Crippen molar-refractivity contribution in [3.63, 3.8) is 0 Å². The van der Waals surface area contributed by atoms with Crippen molar-refractivity contribution in [1.29, 1.82) is 0 Å². The number of ether oxygens (including phenoxy) is 1. The Balaban J connectivity index is 1.97. The van der Waals surface area contributed by atoms with Gasteiger partial charge in [-0.2, -0.15) is 0 Å². The molecule has 1 aromatic rings. The molecule has 2 rings (SSSR count). The van der Waals surface area contributed by atoms with Crippen LogP contribution in [0.4, 0.5) is 0 Å². The van der Waals surface area contributed by atoms with E-state index in [0.717, 1.165) is 0 Å². The number of methoxy groups -OCH3 is 1. The van der Waals surface area contributed by atoms with Crippen molar-refractivity contribution in [3.05, 3.63) is 35.9 Å². The molecule has 0 amide bonds. The van der Waals surface area contributed by atoms with Crippen molar-refractivity contribution in [1.82, 2.24) is 5.32 Å². The summed E-state index contributed by atoms with van der Waals surface area (Å²) in [5.74, 6) is -0.158. The molecule has 19 heavy (non-hydrogen) atoms. The van der Waals surface area contributed by atoms with Gasteiger partial charge in [-0.1, -0.05) is 49.6 Å². The average molecular weight is 261 g/mol. The van der Waals surface area contributed by atoms with Crippen molar-refractivity contribution < 1.29 is 9.53 Å². The lowest BCUT2D eigenvalue weighted by atomic mass is 9.94. The third-order valence-corrected chi connectivity index (χ3v) is 3.81. The quantitative estimate of drug-likeness (QED) is 0.828. The van der Waals surface area contributed by atoms with E-state index in [2.05, 4.69) is 17.4 Å². The zero-order valence-electron chi connectivity index (χ0n) is 11.6. The number of carbonyl (C=O) groups is 1. The fraction of sp³-hybridized carbons (Fsp3) is 0.562. The van der Waals surface area contributed by atoms with E-state index < -0.39 is 0 Å². The normalized spacial score (nSPS) is 17.9. The van der Waals surface area contributed by atoms with Crippen LogP contribution in [0.5, 0.6) is 0 Å². The molecule has 3 nitrogen and oxygen atoms in total. The van der Waals surface area contributed by atoms with Crippen LogP contribution < -0.4 is 5.32 Å². The Labute approximate surface area is 115 Å². The van der Waals surface area contributed by atoms with Crippen molar-refractivity contribution in [3.8, 4) is 0 Å². The van der Waals surface area contributed by atoms with Crippen LogP contribution in [0.15, 0.2) is 30.3 Å². The largest absolute Gasteiger partial charge is 0.468 e. The standard InChI is InChI=1S/C16H23NO2/c1-19-16(18)15(12-13-8-4-2-5-9-13)17-14-10-6-3-7-11-14/h2,4-5,8-9,14-15,17H,3,6-7,10-12H2,1H3/t15-/m0/s1. The molecule has 3 heteroatoms. The Hall–Kier alpha value is -1.35. The van der Waals surface area contributed by atoms with Crippen LogP contribution in [0.2, 0.25) is 0 Å². The third kappa shape index (κ3) is 4.35. The van der Waals surface area contributed by atoms with Gasteiger partial charge in [0.1, 0.15) is 6.04 Å². The van der Waals surface area contributed by atoms with E-state index in [0.29, 0.717) is 12.5 Å². The summed E-state index contributed by atoms with van der Waals surface area (Å²) in [4.78, 5) is 11.9. The highest BCUT2D eigenvalue weighted by Crippen LogP contribution is 2.18. The summed E-state index contributed by atoms with van der Waals surface area (Å²) in [6.45, 7) is 0. The predicted octanol–water partition coefficient (Wildman–Crippen LogP) is 2.69. The second-order valence-electron chi connectivity index (χ2n) is 5.27. The number of esters is 1. The number of rotatable bonds is 5. The van der Waals surface area contributed by atoms with Crippen molar-refractivity contribution in [2.24, 2.45) is 0 Å². The summed E-state index contributed by atoms with van der Waals surface area (Å²) >= 11 is 0. The van der Waals surface area contributed by atoms with E-state index in [4.69, 9.17) is 4.74 Å². The van der Waals surface area contributed by atoms with Crippen molar-refractivity contribution in [2.75, 3.05) is 7.11 Å².